The molecule has 1 heterocycles. The Bertz CT molecular complexity index is 505. The summed E-state index contributed by atoms with van der Waals surface area (Å²) in [6.07, 6.45) is 1.84. The fourth-order valence-corrected chi connectivity index (χ4v) is 1.37. The van der Waals surface area contributed by atoms with E-state index < -0.39 is 5.82 Å². The molecule has 0 N–H and O–H groups in total. The number of nitrogens with zero attached hydrogens (tertiary/aromatic N) is 2. The molecule has 0 aliphatic rings. The van der Waals surface area contributed by atoms with Crippen molar-refractivity contribution >= 4 is 10.9 Å². The van der Waals surface area contributed by atoms with E-state index in [-0.39, 0.29) is 5.56 Å². The number of aryl methyl sites for hydroxylation is 1. The third kappa shape index (κ3) is 1.07. The Kier molecular flexibility index (Phi) is 1.56. The topological polar surface area (TPSA) is 28.7 Å². The van der Waals surface area contributed by atoms with Crippen molar-refractivity contribution in [3.05, 3.63) is 35.8 Å². The van der Waals surface area contributed by atoms with Crippen LogP contribution in [0, 0.1) is 17.1 Å². The van der Waals surface area contributed by atoms with E-state index >= 15 is 0 Å². The molecule has 3 heteroatoms. The van der Waals surface area contributed by atoms with E-state index in [4.69, 9.17) is 5.26 Å². The maximum absolute atomic E-state index is 13.1. The number of hydrogen-bond donors (Lipinski definition) is 0. The van der Waals surface area contributed by atoms with Crippen LogP contribution in [0.5, 0.6) is 0 Å². The maximum atomic E-state index is 13.1. The van der Waals surface area contributed by atoms with Crippen molar-refractivity contribution in [3.8, 4) is 6.07 Å². The van der Waals surface area contributed by atoms with E-state index in [0.717, 1.165) is 10.9 Å². The highest BCUT2D eigenvalue weighted by Gasteiger charge is 2.05. The lowest BCUT2D eigenvalue weighted by molar-refractivity contribution is 0.625. The van der Waals surface area contributed by atoms with Gasteiger partial charge in [-0.3, -0.25) is 0 Å². The van der Waals surface area contributed by atoms with Gasteiger partial charge in [0.2, 0.25) is 0 Å². The van der Waals surface area contributed by atoms with Crippen LogP contribution in [0.1, 0.15) is 5.56 Å². The zero-order valence-corrected chi connectivity index (χ0v) is 7.08. The molecule has 2 aromatic rings. The predicted octanol–water partition coefficient (Wildman–Crippen LogP) is 2.19. The average molecular weight is 174 g/mol. The lowest BCUT2D eigenvalue weighted by Gasteiger charge is -1.97. The first-order chi connectivity index (χ1) is 6.22. The first-order valence-electron chi connectivity index (χ1n) is 3.87. The molecule has 0 atom stereocenters. The largest absolute Gasteiger partial charge is 0.351 e. The minimum absolute atomic E-state index is 0.0919. The van der Waals surface area contributed by atoms with Crippen molar-refractivity contribution in [2.45, 2.75) is 0 Å². The molecule has 0 bridgehead atoms. The summed E-state index contributed by atoms with van der Waals surface area (Å²) in [5, 5.41) is 9.43. The Balaban J connectivity index is 2.86. The number of fused-ring (bicyclic) bond motifs is 1. The molecule has 0 saturated carbocycles. The Morgan fingerprint density at radius 3 is 2.92 bits per heavy atom. The van der Waals surface area contributed by atoms with Gasteiger partial charge in [-0.25, -0.2) is 4.39 Å². The van der Waals surface area contributed by atoms with E-state index in [1.807, 2.05) is 29.9 Å². The quantitative estimate of drug-likeness (QED) is 0.601. The van der Waals surface area contributed by atoms with Crippen LogP contribution in [0.25, 0.3) is 10.9 Å². The smallest absolute Gasteiger partial charge is 0.141 e. The van der Waals surface area contributed by atoms with Gasteiger partial charge in [-0.1, -0.05) is 0 Å². The second-order valence-corrected chi connectivity index (χ2v) is 2.93. The van der Waals surface area contributed by atoms with Gasteiger partial charge >= 0.3 is 0 Å². The van der Waals surface area contributed by atoms with Gasteiger partial charge in [0.1, 0.15) is 11.9 Å². The van der Waals surface area contributed by atoms with E-state index in [0.29, 0.717) is 0 Å². The predicted molar refractivity (Wildman–Crippen MR) is 47.6 cm³/mol. The lowest BCUT2D eigenvalue weighted by Crippen LogP contribution is -1.87. The summed E-state index contributed by atoms with van der Waals surface area (Å²) in [6, 6.07) is 6.58. The summed E-state index contributed by atoms with van der Waals surface area (Å²) >= 11 is 0. The fourth-order valence-electron chi connectivity index (χ4n) is 1.37. The van der Waals surface area contributed by atoms with Crippen LogP contribution < -0.4 is 0 Å². The standard InChI is InChI=1S/C10H7FN2/c1-13-3-2-7-4-9(11)8(6-12)5-10(7)13/h2-5H,1H3. The lowest BCUT2D eigenvalue weighted by atomic mass is 10.2. The molecule has 13 heavy (non-hydrogen) atoms. The van der Waals surface area contributed by atoms with Crippen LogP contribution in [0.15, 0.2) is 24.4 Å². The van der Waals surface area contributed by atoms with E-state index in [1.165, 1.54) is 6.07 Å². The number of aromatic nitrogens is 1. The van der Waals surface area contributed by atoms with E-state index in [1.54, 1.807) is 6.07 Å². The summed E-state index contributed by atoms with van der Waals surface area (Å²) in [7, 11) is 1.86. The first kappa shape index (κ1) is 7.81. The van der Waals surface area contributed by atoms with Crippen molar-refractivity contribution in [2.75, 3.05) is 0 Å². The third-order valence-electron chi connectivity index (χ3n) is 2.09. The molecule has 1 aromatic carbocycles. The van der Waals surface area contributed by atoms with Gasteiger partial charge in [0, 0.05) is 24.1 Å². The van der Waals surface area contributed by atoms with Crippen LogP contribution in [-0.4, -0.2) is 4.57 Å². The van der Waals surface area contributed by atoms with Gasteiger partial charge < -0.3 is 4.57 Å². The highest BCUT2D eigenvalue weighted by atomic mass is 19.1. The number of benzene rings is 1. The van der Waals surface area contributed by atoms with Crippen LogP contribution in [0.4, 0.5) is 4.39 Å². The molecule has 0 unspecified atom stereocenters. The zero-order valence-electron chi connectivity index (χ0n) is 7.08. The van der Waals surface area contributed by atoms with Crippen LogP contribution in [0.3, 0.4) is 0 Å². The molecule has 0 saturated heterocycles. The second kappa shape index (κ2) is 2.60. The SMILES string of the molecule is Cn1ccc2cc(F)c(C#N)cc21. The minimum atomic E-state index is -0.457. The molecular formula is C10H7FN2. The molecule has 0 amide bonds. The molecule has 64 valence electrons. The highest BCUT2D eigenvalue weighted by molar-refractivity contribution is 5.81. The van der Waals surface area contributed by atoms with Crippen molar-refractivity contribution in [2.24, 2.45) is 7.05 Å². The van der Waals surface area contributed by atoms with Crippen molar-refractivity contribution in [1.82, 2.24) is 4.57 Å². The highest BCUT2D eigenvalue weighted by Crippen LogP contribution is 2.18. The monoisotopic (exact) mass is 174 g/mol. The Hall–Kier alpha value is -1.82. The van der Waals surface area contributed by atoms with Crippen molar-refractivity contribution in [3.63, 3.8) is 0 Å². The molecular weight excluding hydrogens is 167 g/mol. The molecule has 0 aliphatic heterocycles. The molecule has 0 aliphatic carbocycles. The van der Waals surface area contributed by atoms with E-state index in [9.17, 15) is 4.39 Å². The van der Waals surface area contributed by atoms with Crippen molar-refractivity contribution < 1.29 is 4.39 Å². The summed E-state index contributed by atoms with van der Waals surface area (Å²) in [5.41, 5.74) is 0.965. The van der Waals surface area contributed by atoms with Gasteiger partial charge in [0.15, 0.2) is 0 Å². The minimum Gasteiger partial charge on any atom is -0.351 e. The molecule has 2 rings (SSSR count). The third-order valence-corrected chi connectivity index (χ3v) is 2.09. The van der Waals surface area contributed by atoms with Crippen LogP contribution in [-0.2, 0) is 7.05 Å². The summed E-state index contributed by atoms with van der Waals surface area (Å²) in [5.74, 6) is -0.457. The van der Waals surface area contributed by atoms with E-state index in [2.05, 4.69) is 0 Å². The Labute approximate surface area is 74.8 Å². The maximum Gasteiger partial charge on any atom is 0.141 e. The summed E-state index contributed by atoms with van der Waals surface area (Å²) in [6.45, 7) is 0. The van der Waals surface area contributed by atoms with Gasteiger partial charge in [0.25, 0.3) is 0 Å². The summed E-state index contributed by atoms with van der Waals surface area (Å²) in [4.78, 5) is 0. The van der Waals surface area contributed by atoms with Gasteiger partial charge in [-0.05, 0) is 18.2 Å². The van der Waals surface area contributed by atoms with Crippen LogP contribution >= 0.6 is 0 Å². The average Bonchev–Trinajstić information content (AvgIpc) is 2.46. The van der Waals surface area contributed by atoms with Crippen molar-refractivity contribution in [1.29, 1.82) is 5.26 Å². The Morgan fingerprint density at radius 1 is 1.46 bits per heavy atom. The Morgan fingerprint density at radius 2 is 2.23 bits per heavy atom. The number of rotatable bonds is 0. The summed E-state index contributed by atoms with van der Waals surface area (Å²) < 4.78 is 15.0. The molecule has 0 spiro atoms. The molecule has 0 fully saturated rings. The number of nitriles is 1. The molecule has 2 nitrogen and oxygen atoms in total. The second-order valence-electron chi connectivity index (χ2n) is 2.93. The van der Waals surface area contributed by atoms with Gasteiger partial charge in [-0.2, -0.15) is 5.26 Å². The first-order valence-corrected chi connectivity index (χ1v) is 3.87. The number of hydrogen-bond acceptors (Lipinski definition) is 1. The van der Waals surface area contributed by atoms with Gasteiger partial charge in [0.05, 0.1) is 5.56 Å². The molecule has 1 aromatic heterocycles. The van der Waals surface area contributed by atoms with Crippen LogP contribution in [0.2, 0.25) is 0 Å². The van der Waals surface area contributed by atoms with Gasteiger partial charge in [-0.15, -0.1) is 0 Å². The normalized spacial score (nSPS) is 10.2. The zero-order chi connectivity index (χ0) is 9.42. The number of halogens is 1. The fraction of sp³-hybridized carbons (Fsp3) is 0.100. The molecule has 0 radical (unpaired) electrons.